The molecule has 21 heavy (non-hydrogen) atoms. The number of hydrogen-bond acceptors (Lipinski definition) is 3. The van der Waals surface area contributed by atoms with Crippen molar-refractivity contribution in [1.82, 2.24) is 10.3 Å². The van der Waals surface area contributed by atoms with Gasteiger partial charge in [-0.1, -0.05) is 24.3 Å². The number of hydrogen-bond donors (Lipinski definition) is 1. The average Bonchev–Trinajstić information content (AvgIpc) is 3.37. The van der Waals surface area contributed by atoms with Gasteiger partial charge in [0.2, 0.25) is 0 Å². The summed E-state index contributed by atoms with van der Waals surface area (Å²) in [6.45, 7) is 1.98. The molecule has 1 aliphatic carbocycles. The normalized spacial score (nSPS) is 17.6. The average molecular weight is 279 g/mol. The first-order chi connectivity index (χ1) is 10.4. The van der Waals surface area contributed by atoms with Crippen LogP contribution in [-0.4, -0.2) is 17.6 Å². The number of rotatable bonds is 4. The molecular weight excluding hydrogens is 258 g/mol. The summed E-state index contributed by atoms with van der Waals surface area (Å²) < 4.78 is 0. The van der Waals surface area contributed by atoms with Crippen molar-refractivity contribution in [3.05, 3.63) is 53.7 Å². The maximum atomic E-state index is 4.69. The fraction of sp³-hybridized carbons (Fsp3) is 0.389. The second-order valence-corrected chi connectivity index (χ2v) is 6.03. The number of pyridine rings is 1. The molecule has 0 radical (unpaired) electrons. The summed E-state index contributed by atoms with van der Waals surface area (Å²) in [6.07, 6.45) is 6.93. The van der Waals surface area contributed by atoms with Gasteiger partial charge in [0.15, 0.2) is 0 Å². The summed E-state index contributed by atoms with van der Waals surface area (Å²) in [6, 6.07) is 13.7. The standard InChI is InChI=1S/C18H21N3/c1-2-8-17-14(5-1)7-4-12-21(17)18-15(6-3-11-19-18)13-20-16-9-10-16/h1-3,5-6,8,11,16,20H,4,7,9-10,12-13H2. The van der Waals surface area contributed by atoms with E-state index >= 15 is 0 Å². The molecule has 3 heteroatoms. The Morgan fingerprint density at radius 3 is 2.95 bits per heavy atom. The lowest BCUT2D eigenvalue weighted by Gasteiger charge is -2.31. The van der Waals surface area contributed by atoms with Gasteiger partial charge in [-0.25, -0.2) is 4.98 Å². The fourth-order valence-corrected chi connectivity index (χ4v) is 3.11. The maximum absolute atomic E-state index is 4.69. The van der Waals surface area contributed by atoms with Gasteiger partial charge in [0, 0.05) is 36.6 Å². The Hall–Kier alpha value is -1.87. The Labute approximate surface area is 126 Å². The zero-order valence-corrected chi connectivity index (χ0v) is 12.3. The van der Waals surface area contributed by atoms with E-state index in [1.165, 1.54) is 42.5 Å². The minimum Gasteiger partial charge on any atom is -0.326 e. The molecule has 108 valence electrons. The summed E-state index contributed by atoms with van der Waals surface area (Å²) in [4.78, 5) is 7.08. The summed E-state index contributed by atoms with van der Waals surface area (Å²) in [5, 5.41) is 3.61. The van der Waals surface area contributed by atoms with E-state index in [0.717, 1.165) is 24.9 Å². The number of anilines is 2. The highest BCUT2D eigenvalue weighted by molar-refractivity contribution is 5.67. The van der Waals surface area contributed by atoms with Crippen molar-refractivity contribution in [3.8, 4) is 0 Å². The highest BCUT2D eigenvalue weighted by Crippen LogP contribution is 2.34. The molecule has 1 N–H and O–H groups in total. The van der Waals surface area contributed by atoms with Crippen LogP contribution >= 0.6 is 0 Å². The van der Waals surface area contributed by atoms with Crippen molar-refractivity contribution in [2.24, 2.45) is 0 Å². The van der Waals surface area contributed by atoms with Gasteiger partial charge in [-0.2, -0.15) is 0 Å². The quantitative estimate of drug-likeness (QED) is 0.929. The molecule has 1 saturated carbocycles. The van der Waals surface area contributed by atoms with Crippen molar-refractivity contribution in [2.45, 2.75) is 38.3 Å². The molecule has 0 bridgehead atoms. The second-order valence-electron chi connectivity index (χ2n) is 6.03. The van der Waals surface area contributed by atoms with Crippen molar-refractivity contribution in [1.29, 1.82) is 0 Å². The minimum absolute atomic E-state index is 0.728. The van der Waals surface area contributed by atoms with Crippen LogP contribution in [0.2, 0.25) is 0 Å². The zero-order chi connectivity index (χ0) is 14.1. The van der Waals surface area contributed by atoms with Crippen LogP contribution in [0.5, 0.6) is 0 Å². The number of nitrogens with one attached hydrogen (secondary N) is 1. The molecule has 1 aliphatic heterocycles. The lowest BCUT2D eigenvalue weighted by molar-refractivity contribution is 0.680. The van der Waals surface area contributed by atoms with Gasteiger partial charge in [0.05, 0.1) is 0 Å². The lowest BCUT2D eigenvalue weighted by Crippen LogP contribution is -2.27. The van der Waals surface area contributed by atoms with E-state index in [1.54, 1.807) is 0 Å². The van der Waals surface area contributed by atoms with E-state index in [9.17, 15) is 0 Å². The Kier molecular flexibility index (Phi) is 3.36. The molecule has 2 heterocycles. The Balaban J connectivity index is 1.66. The molecule has 0 atom stereocenters. The third-order valence-electron chi connectivity index (χ3n) is 4.39. The number of nitrogens with zero attached hydrogens (tertiary/aromatic N) is 2. The van der Waals surface area contributed by atoms with Gasteiger partial charge in [0.25, 0.3) is 0 Å². The van der Waals surface area contributed by atoms with E-state index in [-0.39, 0.29) is 0 Å². The number of fused-ring (bicyclic) bond motifs is 1. The number of benzene rings is 1. The first-order valence-electron chi connectivity index (χ1n) is 7.94. The summed E-state index contributed by atoms with van der Waals surface area (Å²) >= 11 is 0. The summed E-state index contributed by atoms with van der Waals surface area (Å²) in [7, 11) is 0. The van der Waals surface area contributed by atoms with Crippen LogP contribution in [0.4, 0.5) is 11.5 Å². The molecule has 0 saturated heterocycles. The van der Waals surface area contributed by atoms with Crippen molar-refractivity contribution >= 4 is 11.5 Å². The highest BCUT2D eigenvalue weighted by Gasteiger charge is 2.23. The molecule has 1 aromatic carbocycles. The summed E-state index contributed by atoms with van der Waals surface area (Å²) in [5.74, 6) is 1.12. The van der Waals surface area contributed by atoms with Crippen LogP contribution in [0.1, 0.15) is 30.4 Å². The lowest BCUT2D eigenvalue weighted by atomic mass is 10.0. The Morgan fingerprint density at radius 2 is 2.05 bits per heavy atom. The van der Waals surface area contributed by atoms with Crippen LogP contribution in [0.25, 0.3) is 0 Å². The van der Waals surface area contributed by atoms with Crippen molar-refractivity contribution in [2.75, 3.05) is 11.4 Å². The highest BCUT2D eigenvalue weighted by atomic mass is 15.2. The van der Waals surface area contributed by atoms with Crippen LogP contribution in [0.3, 0.4) is 0 Å². The third kappa shape index (κ3) is 2.66. The van der Waals surface area contributed by atoms with Gasteiger partial charge in [0.1, 0.15) is 5.82 Å². The minimum atomic E-state index is 0.728. The van der Waals surface area contributed by atoms with E-state index in [2.05, 4.69) is 45.5 Å². The predicted octanol–water partition coefficient (Wildman–Crippen LogP) is 3.42. The van der Waals surface area contributed by atoms with E-state index in [1.807, 2.05) is 12.3 Å². The van der Waals surface area contributed by atoms with Gasteiger partial charge in [-0.05, 0) is 43.4 Å². The summed E-state index contributed by atoms with van der Waals surface area (Å²) in [5.41, 5.74) is 4.08. The van der Waals surface area contributed by atoms with Crippen LogP contribution in [0.15, 0.2) is 42.6 Å². The zero-order valence-electron chi connectivity index (χ0n) is 12.3. The van der Waals surface area contributed by atoms with E-state index in [4.69, 9.17) is 0 Å². The van der Waals surface area contributed by atoms with Gasteiger partial charge in [-0.3, -0.25) is 0 Å². The first kappa shape index (κ1) is 12.8. The molecule has 3 nitrogen and oxygen atoms in total. The van der Waals surface area contributed by atoms with Crippen molar-refractivity contribution < 1.29 is 0 Å². The fourth-order valence-electron chi connectivity index (χ4n) is 3.11. The molecule has 2 aromatic rings. The maximum Gasteiger partial charge on any atom is 0.137 e. The first-order valence-corrected chi connectivity index (χ1v) is 7.94. The number of para-hydroxylation sites is 1. The van der Waals surface area contributed by atoms with Gasteiger partial charge in [-0.15, -0.1) is 0 Å². The number of aryl methyl sites for hydroxylation is 1. The predicted molar refractivity (Wildman–Crippen MR) is 85.9 cm³/mol. The van der Waals surface area contributed by atoms with Crippen LogP contribution < -0.4 is 10.2 Å². The third-order valence-corrected chi connectivity index (χ3v) is 4.39. The van der Waals surface area contributed by atoms with E-state index < -0.39 is 0 Å². The monoisotopic (exact) mass is 279 g/mol. The van der Waals surface area contributed by atoms with Crippen molar-refractivity contribution in [3.63, 3.8) is 0 Å². The smallest absolute Gasteiger partial charge is 0.137 e. The Morgan fingerprint density at radius 1 is 1.14 bits per heavy atom. The molecule has 0 amide bonds. The second kappa shape index (κ2) is 5.49. The molecule has 4 rings (SSSR count). The Bertz CT molecular complexity index is 634. The molecule has 1 fully saturated rings. The largest absolute Gasteiger partial charge is 0.326 e. The molecule has 1 aromatic heterocycles. The van der Waals surface area contributed by atoms with Crippen LogP contribution in [0, 0.1) is 0 Å². The molecule has 0 spiro atoms. The number of aromatic nitrogens is 1. The van der Waals surface area contributed by atoms with Gasteiger partial charge < -0.3 is 10.2 Å². The molecule has 2 aliphatic rings. The SMILES string of the molecule is c1ccc2c(c1)CCCN2c1ncccc1CNC1CC1. The van der Waals surface area contributed by atoms with Gasteiger partial charge >= 0.3 is 0 Å². The molecular formula is C18H21N3. The van der Waals surface area contributed by atoms with Crippen LogP contribution in [-0.2, 0) is 13.0 Å². The molecule has 0 unspecified atom stereocenters. The topological polar surface area (TPSA) is 28.2 Å². The van der Waals surface area contributed by atoms with E-state index in [0.29, 0.717) is 0 Å².